The summed E-state index contributed by atoms with van der Waals surface area (Å²) in [6.07, 6.45) is 7.71. The van der Waals surface area contributed by atoms with Gasteiger partial charge in [-0.15, -0.1) is 0 Å². The molecule has 3 nitrogen and oxygen atoms in total. The van der Waals surface area contributed by atoms with Crippen LogP contribution in [0.3, 0.4) is 0 Å². The molecule has 0 aromatic heterocycles. The van der Waals surface area contributed by atoms with E-state index < -0.39 is 0 Å². The third-order valence-electron chi connectivity index (χ3n) is 3.41. The van der Waals surface area contributed by atoms with Crippen LogP contribution in [0.4, 0.5) is 0 Å². The van der Waals surface area contributed by atoms with Gasteiger partial charge in [0.15, 0.2) is 0 Å². The molecule has 0 aromatic carbocycles. The van der Waals surface area contributed by atoms with Crippen molar-refractivity contribution in [3.8, 4) is 0 Å². The molecule has 3 heteroatoms. The van der Waals surface area contributed by atoms with Crippen molar-refractivity contribution in [2.24, 2.45) is 11.7 Å². The molecule has 1 aliphatic heterocycles. The van der Waals surface area contributed by atoms with Crippen LogP contribution in [0.25, 0.3) is 0 Å². The Labute approximate surface area is 99.4 Å². The second-order valence-electron chi connectivity index (χ2n) is 4.80. The number of hydrogen-bond acceptors (Lipinski definition) is 2. The van der Waals surface area contributed by atoms with E-state index >= 15 is 0 Å². The summed E-state index contributed by atoms with van der Waals surface area (Å²) in [4.78, 5) is 14.3. The van der Waals surface area contributed by atoms with Crippen LogP contribution in [-0.2, 0) is 4.79 Å². The second kappa shape index (κ2) is 7.66. The lowest BCUT2D eigenvalue weighted by Crippen LogP contribution is -2.39. The molecule has 0 aliphatic carbocycles. The highest BCUT2D eigenvalue weighted by molar-refractivity contribution is 5.78. The first kappa shape index (κ1) is 13.5. The van der Waals surface area contributed by atoms with Gasteiger partial charge in [-0.2, -0.15) is 0 Å². The van der Waals surface area contributed by atoms with E-state index in [0.717, 1.165) is 38.8 Å². The maximum Gasteiger partial charge on any atom is 0.225 e. The van der Waals surface area contributed by atoms with Crippen molar-refractivity contribution in [3.63, 3.8) is 0 Å². The molecule has 0 saturated carbocycles. The van der Waals surface area contributed by atoms with E-state index in [-0.39, 0.29) is 5.92 Å². The summed E-state index contributed by atoms with van der Waals surface area (Å²) in [6.45, 7) is 4.80. The van der Waals surface area contributed by atoms with Gasteiger partial charge >= 0.3 is 0 Å². The highest BCUT2D eigenvalue weighted by Crippen LogP contribution is 2.19. The van der Waals surface area contributed by atoms with E-state index in [1.807, 2.05) is 0 Å². The first-order valence-corrected chi connectivity index (χ1v) is 6.78. The Morgan fingerprint density at radius 1 is 1.25 bits per heavy atom. The van der Waals surface area contributed by atoms with E-state index in [1.54, 1.807) is 0 Å². The number of piperidine rings is 1. The summed E-state index contributed by atoms with van der Waals surface area (Å²) in [5.74, 6) is 0.613. The molecule has 1 rings (SSSR count). The van der Waals surface area contributed by atoms with Gasteiger partial charge in [-0.1, -0.05) is 13.3 Å². The second-order valence-corrected chi connectivity index (χ2v) is 4.80. The highest BCUT2D eigenvalue weighted by Gasteiger charge is 2.24. The molecule has 2 N–H and O–H groups in total. The Morgan fingerprint density at radius 2 is 1.94 bits per heavy atom. The molecule has 0 radical (unpaired) electrons. The van der Waals surface area contributed by atoms with Gasteiger partial charge < -0.3 is 10.6 Å². The van der Waals surface area contributed by atoms with Gasteiger partial charge in [-0.25, -0.2) is 0 Å². The van der Waals surface area contributed by atoms with E-state index in [0.29, 0.717) is 12.5 Å². The third kappa shape index (κ3) is 4.12. The number of nitrogens with zero attached hydrogens (tertiary/aromatic N) is 1. The maximum absolute atomic E-state index is 12.3. The summed E-state index contributed by atoms with van der Waals surface area (Å²) >= 11 is 0. The third-order valence-corrected chi connectivity index (χ3v) is 3.41. The molecule has 16 heavy (non-hydrogen) atoms. The van der Waals surface area contributed by atoms with Gasteiger partial charge in [0.2, 0.25) is 5.91 Å². The van der Waals surface area contributed by atoms with Crippen LogP contribution < -0.4 is 5.73 Å². The molecule has 1 atom stereocenters. The lowest BCUT2D eigenvalue weighted by molar-refractivity contribution is -0.137. The number of carbonyl (C=O) groups is 1. The fourth-order valence-electron chi connectivity index (χ4n) is 2.48. The summed E-state index contributed by atoms with van der Waals surface area (Å²) < 4.78 is 0. The molecular formula is C13H26N2O. The van der Waals surface area contributed by atoms with E-state index in [4.69, 9.17) is 5.73 Å². The zero-order valence-electron chi connectivity index (χ0n) is 10.6. The molecular weight excluding hydrogens is 200 g/mol. The highest BCUT2D eigenvalue weighted by atomic mass is 16.2. The number of nitrogens with two attached hydrogens (primary N) is 1. The van der Waals surface area contributed by atoms with Crippen LogP contribution in [-0.4, -0.2) is 30.4 Å². The van der Waals surface area contributed by atoms with Crippen LogP contribution in [0.1, 0.15) is 51.9 Å². The first-order valence-electron chi connectivity index (χ1n) is 6.78. The number of carbonyl (C=O) groups excluding carboxylic acids is 1. The zero-order valence-corrected chi connectivity index (χ0v) is 10.6. The lowest BCUT2D eigenvalue weighted by atomic mass is 9.95. The molecule has 94 valence electrons. The number of likely N-dealkylation sites (tertiary alicyclic amines) is 1. The van der Waals surface area contributed by atoms with Gasteiger partial charge in [0.25, 0.3) is 0 Å². The van der Waals surface area contributed by atoms with E-state index in [2.05, 4.69) is 11.8 Å². The Bertz CT molecular complexity index is 200. The standard InChI is InChI=1S/C13H26N2O/c1-2-7-12(8-6-9-14)13(16)15-10-4-3-5-11-15/h12H,2-11,14H2,1H3. The number of hydrogen-bond donors (Lipinski definition) is 1. The van der Waals surface area contributed by atoms with Crippen molar-refractivity contribution in [1.82, 2.24) is 4.90 Å². The van der Waals surface area contributed by atoms with Crippen molar-refractivity contribution >= 4 is 5.91 Å². The molecule has 1 fully saturated rings. The Morgan fingerprint density at radius 3 is 2.50 bits per heavy atom. The van der Waals surface area contributed by atoms with Gasteiger partial charge in [0.1, 0.15) is 0 Å². The lowest BCUT2D eigenvalue weighted by Gasteiger charge is -2.30. The summed E-state index contributed by atoms with van der Waals surface area (Å²) in [6, 6.07) is 0. The average molecular weight is 226 g/mol. The Hall–Kier alpha value is -0.570. The molecule has 1 heterocycles. The quantitative estimate of drug-likeness (QED) is 0.754. The monoisotopic (exact) mass is 226 g/mol. The smallest absolute Gasteiger partial charge is 0.225 e. The van der Waals surface area contributed by atoms with Gasteiger partial charge in [0.05, 0.1) is 0 Å². The predicted octanol–water partition coefficient (Wildman–Crippen LogP) is 2.15. The largest absolute Gasteiger partial charge is 0.342 e. The average Bonchev–Trinajstić information content (AvgIpc) is 2.35. The normalized spacial score (nSPS) is 18.5. The minimum atomic E-state index is 0.228. The van der Waals surface area contributed by atoms with Crippen LogP contribution >= 0.6 is 0 Å². The minimum Gasteiger partial charge on any atom is -0.342 e. The Kier molecular flexibility index (Phi) is 6.46. The van der Waals surface area contributed by atoms with Crippen molar-refractivity contribution in [2.75, 3.05) is 19.6 Å². The topological polar surface area (TPSA) is 46.3 Å². The summed E-state index contributed by atoms with van der Waals surface area (Å²) in [5.41, 5.74) is 5.53. The van der Waals surface area contributed by atoms with E-state index in [9.17, 15) is 4.79 Å². The molecule has 1 amide bonds. The first-order chi connectivity index (χ1) is 7.79. The fraction of sp³-hybridized carbons (Fsp3) is 0.923. The van der Waals surface area contributed by atoms with E-state index in [1.165, 1.54) is 19.3 Å². The zero-order chi connectivity index (χ0) is 11.8. The minimum absolute atomic E-state index is 0.228. The van der Waals surface area contributed by atoms with Crippen LogP contribution in [0.2, 0.25) is 0 Å². The van der Waals surface area contributed by atoms with Crippen LogP contribution in [0, 0.1) is 5.92 Å². The predicted molar refractivity (Wildman–Crippen MR) is 67.1 cm³/mol. The SMILES string of the molecule is CCCC(CCCN)C(=O)N1CCCCC1. The van der Waals surface area contributed by atoms with Crippen molar-refractivity contribution in [3.05, 3.63) is 0 Å². The number of amides is 1. The van der Waals surface area contributed by atoms with Crippen molar-refractivity contribution < 1.29 is 4.79 Å². The summed E-state index contributed by atoms with van der Waals surface area (Å²) in [7, 11) is 0. The van der Waals surface area contributed by atoms with Crippen molar-refractivity contribution in [2.45, 2.75) is 51.9 Å². The molecule has 1 unspecified atom stereocenters. The Balaban J connectivity index is 2.44. The molecule has 1 aliphatic rings. The van der Waals surface area contributed by atoms with Crippen molar-refractivity contribution in [1.29, 1.82) is 0 Å². The molecule has 0 bridgehead atoms. The summed E-state index contributed by atoms with van der Waals surface area (Å²) in [5, 5.41) is 0. The fourth-order valence-corrected chi connectivity index (χ4v) is 2.48. The van der Waals surface area contributed by atoms with Gasteiger partial charge in [-0.05, 0) is 45.1 Å². The van der Waals surface area contributed by atoms with Gasteiger partial charge in [0, 0.05) is 19.0 Å². The van der Waals surface area contributed by atoms with Gasteiger partial charge in [-0.3, -0.25) is 4.79 Å². The number of rotatable bonds is 6. The molecule has 0 aromatic rings. The van der Waals surface area contributed by atoms with Crippen LogP contribution in [0.5, 0.6) is 0 Å². The maximum atomic E-state index is 12.3. The van der Waals surface area contributed by atoms with Crippen LogP contribution in [0.15, 0.2) is 0 Å². The molecule has 1 saturated heterocycles. The molecule has 0 spiro atoms.